The number of hydrogen-bond donors (Lipinski definition) is 0. The molecule has 0 amide bonds. The van der Waals surface area contributed by atoms with Crippen LogP contribution in [0.4, 0.5) is 0 Å². The van der Waals surface area contributed by atoms with E-state index in [1.165, 1.54) is 21.7 Å². The van der Waals surface area contributed by atoms with Gasteiger partial charge < -0.3 is 4.74 Å². The average molecular weight is 553 g/mol. The van der Waals surface area contributed by atoms with E-state index in [0.717, 1.165) is 32.5 Å². The molecule has 0 fully saturated rings. The number of ether oxygens (including phenoxy) is 1. The second-order valence-corrected chi connectivity index (χ2v) is 11.5. The summed E-state index contributed by atoms with van der Waals surface area (Å²) >= 11 is 3.64. The molecule has 0 heterocycles. The van der Waals surface area contributed by atoms with Gasteiger partial charge in [0.05, 0.1) is 7.11 Å². The molecule has 0 aromatic heterocycles. The van der Waals surface area contributed by atoms with Gasteiger partial charge in [-0.05, 0) is 78.4 Å². The summed E-state index contributed by atoms with van der Waals surface area (Å²) in [4.78, 5) is 0. The standard InChI is InChI=1S/C33H30BrOP/c1-24-18-20-27(34)23-30(24)33-31(35-4)21-19-26(3)32(33)25(2)13-11-12-22-36(28-14-7-5-8-15-28)29-16-9-6-10-17-29/h5-23H,2H2,1,3-4H3/b13-11-,22-12-. The van der Waals surface area contributed by atoms with Crippen LogP contribution < -0.4 is 15.3 Å². The summed E-state index contributed by atoms with van der Waals surface area (Å²) in [6.07, 6.45) is 6.34. The van der Waals surface area contributed by atoms with Crippen molar-refractivity contribution >= 4 is 40.0 Å². The van der Waals surface area contributed by atoms with E-state index >= 15 is 0 Å². The molecular weight excluding hydrogens is 523 g/mol. The van der Waals surface area contributed by atoms with Crippen molar-refractivity contribution in [3.63, 3.8) is 0 Å². The molecule has 1 nitrogen and oxygen atoms in total. The maximum absolute atomic E-state index is 5.80. The average Bonchev–Trinajstić information content (AvgIpc) is 2.90. The summed E-state index contributed by atoms with van der Waals surface area (Å²) in [5, 5.41) is 2.66. The van der Waals surface area contributed by atoms with Crippen LogP contribution >= 0.6 is 23.9 Å². The maximum atomic E-state index is 5.80. The molecule has 4 rings (SSSR count). The van der Waals surface area contributed by atoms with E-state index in [4.69, 9.17) is 4.74 Å². The van der Waals surface area contributed by atoms with Gasteiger partial charge in [-0.15, -0.1) is 0 Å². The molecule has 0 unspecified atom stereocenters. The maximum Gasteiger partial charge on any atom is 0.127 e. The molecule has 0 spiro atoms. The highest BCUT2D eigenvalue weighted by Crippen LogP contribution is 2.41. The summed E-state index contributed by atoms with van der Waals surface area (Å²) in [5.41, 5.74) is 6.63. The Balaban J connectivity index is 1.68. The Morgan fingerprint density at radius 3 is 2.03 bits per heavy atom. The van der Waals surface area contributed by atoms with E-state index in [1.807, 2.05) is 6.07 Å². The van der Waals surface area contributed by atoms with Crippen molar-refractivity contribution in [2.24, 2.45) is 0 Å². The first-order chi connectivity index (χ1) is 17.5. The molecule has 0 saturated heterocycles. The molecule has 3 heteroatoms. The van der Waals surface area contributed by atoms with E-state index in [-0.39, 0.29) is 0 Å². The minimum absolute atomic E-state index is 0.587. The quantitative estimate of drug-likeness (QED) is 0.156. The molecule has 0 bridgehead atoms. The molecule has 0 saturated carbocycles. The van der Waals surface area contributed by atoms with Crippen molar-refractivity contribution in [2.45, 2.75) is 13.8 Å². The summed E-state index contributed by atoms with van der Waals surface area (Å²) in [6, 6.07) is 31.9. The molecule has 0 aliphatic carbocycles. The molecule has 180 valence electrons. The predicted octanol–water partition coefficient (Wildman–Crippen LogP) is 8.96. The topological polar surface area (TPSA) is 9.23 Å². The van der Waals surface area contributed by atoms with Crippen molar-refractivity contribution < 1.29 is 4.74 Å². The van der Waals surface area contributed by atoms with Gasteiger partial charge in [0.15, 0.2) is 0 Å². The Kier molecular flexibility index (Phi) is 8.75. The van der Waals surface area contributed by atoms with Crippen LogP contribution in [0.25, 0.3) is 16.7 Å². The zero-order valence-electron chi connectivity index (χ0n) is 20.9. The monoisotopic (exact) mass is 552 g/mol. The number of aryl methyl sites for hydroxylation is 2. The molecule has 4 aromatic carbocycles. The molecule has 0 atom stereocenters. The molecule has 0 aliphatic heterocycles. The molecule has 4 aromatic rings. The van der Waals surface area contributed by atoms with Gasteiger partial charge in [0.25, 0.3) is 0 Å². The number of halogens is 1. The van der Waals surface area contributed by atoms with Crippen LogP contribution in [-0.2, 0) is 0 Å². The van der Waals surface area contributed by atoms with Gasteiger partial charge in [0.1, 0.15) is 5.75 Å². The van der Waals surface area contributed by atoms with Crippen molar-refractivity contribution in [3.8, 4) is 16.9 Å². The third-order valence-corrected chi connectivity index (χ3v) is 8.77. The Morgan fingerprint density at radius 1 is 0.806 bits per heavy atom. The fraction of sp³-hybridized carbons (Fsp3) is 0.0909. The van der Waals surface area contributed by atoms with E-state index in [9.17, 15) is 0 Å². The largest absolute Gasteiger partial charge is 0.496 e. The van der Waals surface area contributed by atoms with E-state index in [1.54, 1.807) is 7.11 Å². The third kappa shape index (κ3) is 5.95. The lowest BCUT2D eigenvalue weighted by atomic mass is 9.88. The lowest BCUT2D eigenvalue weighted by Gasteiger charge is -2.19. The summed E-state index contributed by atoms with van der Waals surface area (Å²) in [5.74, 6) is 3.15. The first-order valence-corrected chi connectivity index (χ1v) is 14.1. The van der Waals surface area contributed by atoms with Gasteiger partial charge in [-0.2, -0.15) is 0 Å². The van der Waals surface area contributed by atoms with Crippen molar-refractivity contribution in [1.82, 2.24) is 0 Å². The lowest BCUT2D eigenvalue weighted by Crippen LogP contribution is -2.09. The fourth-order valence-corrected chi connectivity index (χ4v) is 6.55. The van der Waals surface area contributed by atoms with Crippen molar-refractivity contribution in [3.05, 3.63) is 143 Å². The van der Waals surface area contributed by atoms with Gasteiger partial charge in [-0.25, -0.2) is 0 Å². The first kappa shape index (κ1) is 25.9. The predicted molar refractivity (Wildman–Crippen MR) is 162 cm³/mol. The molecule has 0 aliphatic rings. The van der Waals surface area contributed by atoms with Crippen LogP contribution in [0.3, 0.4) is 0 Å². The highest BCUT2D eigenvalue weighted by molar-refractivity contribution is 9.10. The van der Waals surface area contributed by atoms with Crippen molar-refractivity contribution in [2.75, 3.05) is 7.11 Å². The highest BCUT2D eigenvalue weighted by atomic mass is 79.9. The van der Waals surface area contributed by atoms with Gasteiger partial charge in [-0.1, -0.05) is 119 Å². The second-order valence-electron chi connectivity index (χ2n) is 8.56. The smallest absolute Gasteiger partial charge is 0.127 e. The normalized spacial score (nSPS) is 11.5. The number of benzene rings is 4. The van der Waals surface area contributed by atoms with Crippen LogP contribution in [-0.4, -0.2) is 7.11 Å². The van der Waals surface area contributed by atoms with Gasteiger partial charge in [0, 0.05) is 10.0 Å². The minimum Gasteiger partial charge on any atom is -0.496 e. The van der Waals surface area contributed by atoms with E-state index < -0.39 is 7.92 Å². The number of rotatable bonds is 8. The Hall–Kier alpha value is -3.19. The van der Waals surface area contributed by atoms with Crippen LogP contribution in [0.1, 0.15) is 16.7 Å². The zero-order chi connectivity index (χ0) is 25.5. The highest BCUT2D eigenvalue weighted by Gasteiger charge is 2.17. The van der Waals surface area contributed by atoms with Gasteiger partial charge in [-0.3, -0.25) is 0 Å². The van der Waals surface area contributed by atoms with Crippen molar-refractivity contribution in [1.29, 1.82) is 0 Å². The molecule has 0 N–H and O–H groups in total. The van der Waals surface area contributed by atoms with Gasteiger partial charge >= 0.3 is 0 Å². The molecular formula is C33H30BrOP. The third-order valence-electron chi connectivity index (χ3n) is 6.10. The first-order valence-electron chi connectivity index (χ1n) is 11.9. The van der Waals surface area contributed by atoms with E-state index in [0.29, 0.717) is 0 Å². The molecule has 36 heavy (non-hydrogen) atoms. The van der Waals surface area contributed by atoms with Crippen LogP contribution in [0, 0.1) is 13.8 Å². The summed E-state index contributed by atoms with van der Waals surface area (Å²) < 4.78 is 6.84. The van der Waals surface area contributed by atoms with Crippen LogP contribution in [0.5, 0.6) is 5.75 Å². The van der Waals surface area contributed by atoms with Gasteiger partial charge in [0.2, 0.25) is 0 Å². The fourth-order valence-electron chi connectivity index (χ4n) is 4.29. The Labute approximate surface area is 224 Å². The van der Waals surface area contributed by atoms with Crippen LogP contribution in [0.15, 0.2) is 126 Å². The zero-order valence-corrected chi connectivity index (χ0v) is 23.4. The second kappa shape index (κ2) is 12.2. The number of hydrogen-bond acceptors (Lipinski definition) is 1. The Bertz CT molecular complexity index is 1370. The number of methoxy groups -OCH3 is 1. The van der Waals surface area contributed by atoms with Crippen LogP contribution in [0.2, 0.25) is 0 Å². The number of allylic oxidation sites excluding steroid dienone is 4. The SMILES string of the molecule is C=C(/C=C\C=C/P(c1ccccc1)c1ccccc1)c1c(C)ccc(OC)c1-c1cc(Br)ccc1C. The molecule has 0 radical (unpaired) electrons. The minimum atomic E-state index is -0.587. The summed E-state index contributed by atoms with van der Waals surface area (Å²) in [7, 11) is 1.14. The summed E-state index contributed by atoms with van der Waals surface area (Å²) in [6.45, 7) is 8.71. The van der Waals surface area contributed by atoms with E-state index in [2.05, 4.69) is 145 Å². The Morgan fingerprint density at radius 2 is 1.42 bits per heavy atom. The lowest BCUT2D eigenvalue weighted by molar-refractivity contribution is 0.416.